The molecule has 0 bridgehead atoms. The predicted octanol–water partition coefficient (Wildman–Crippen LogP) is 2.21. The Labute approximate surface area is 113 Å². The lowest BCUT2D eigenvalue weighted by Gasteiger charge is -2.29. The van der Waals surface area contributed by atoms with Gasteiger partial charge in [0, 0.05) is 17.7 Å². The van der Waals surface area contributed by atoms with Gasteiger partial charge in [0.2, 0.25) is 0 Å². The maximum absolute atomic E-state index is 11.7. The molecular weight excluding hydrogens is 272 g/mol. The molecule has 5 heteroatoms. The number of sulfone groups is 1. The topological polar surface area (TPSA) is 54.4 Å². The number of rotatable bonds is 3. The van der Waals surface area contributed by atoms with Crippen molar-refractivity contribution in [2.24, 2.45) is 0 Å². The smallest absolute Gasteiger partial charge is 0.153 e. The van der Waals surface area contributed by atoms with Crippen LogP contribution in [0.25, 0.3) is 0 Å². The van der Waals surface area contributed by atoms with Crippen LogP contribution in [0.5, 0.6) is 0 Å². The molecule has 0 heterocycles. The van der Waals surface area contributed by atoms with E-state index in [0.29, 0.717) is 24.3 Å². The molecule has 0 amide bonds. The quantitative estimate of drug-likeness (QED) is 0.928. The molecule has 2 atom stereocenters. The van der Waals surface area contributed by atoms with Crippen LogP contribution in [0.4, 0.5) is 0 Å². The molecule has 2 rings (SSSR count). The molecular formula is C13H17ClO3S. The lowest BCUT2D eigenvalue weighted by Crippen LogP contribution is -2.44. The molecule has 18 heavy (non-hydrogen) atoms. The minimum Gasteiger partial charge on any atom is -0.388 e. The summed E-state index contributed by atoms with van der Waals surface area (Å²) in [6.07, 6.45) is 3.26. The molecule has 0 aromatic heterocycles. The van der Waals surface area contributed by atoms with E-state index in [-0.39, 0.29) is 0 Å². The Morgan fingerprint density at radius 2 is 2.11 bits per heavy atom. The van der Waals surface area contributed by atoms with Crippen LogP contribution in [0.3, 0.4) is 0 Å². The summed E-state index contributed by atoms with van der Waals surface area (Å²) in [7, 11) is -3.24. The van der Waals surface area contributed by atoms with Crippen LogP contribution in [0.2, 0.25) is 5.02 Å². The van der Waals surface area contributed by atoms with Gasteiger partial charge in [0.05, 0.1) is 10.9 Å². The zero-order valence-electron chi connectivity index (χ0n) is 10.3. The number of hydrogen-bond acceptors (Lipinski definition) is 3. The number of halogens is 1. The molecule has 1 aliphatic carbocycles. The van der Waals surface area contributed by atoms with Crippen molar-refractivity contribution in [2.45, 2.75) is 36.5 Å². The summed E-state index contributed by atoms with van der Waals surface area (Å²) in [4.78, 5) is 0. The van der Waals surface area contributed by atoms with Gasteiger partial charge in [0.15, 0.2) is 9.84 Å². The fraction of sp³-hybridized carbons (Fsp3) is 0.538. The molecule has 2 unspecified atom stereocenters. The van der Waals surface area contributed by atoms with Crippen LogP contribution < -0.4 is 0 Å². The Morgan fingerprint density at radius 3 is 2.72 bits per heavy atom. The summed E-state index contributed by atoms with van der Waals surface area (Å²) in [5.41, 5.74) is -0.379. The van der Waals surface area contributed by atoms with Gasteiger partial charge in [-0.15, -0.1) is 0 Å². The summed E-state index contributed by atoms with van der Waals surface area (Å²) in [6, 6.07) is 7.25. The van der Waals surface area contributed by atoms with Crippen molar-refractivity contribution in [3.63, 3.8) is 0 Å². The molecule has 0 saturated heterocycles. The van der Waals surface area contributed by atoms with Gasteiger partial charge in [-0.25, -0.2) is 8.42 Å². The Balaban J connectivity index is 2.30. The first-order valence-electron chi connectivity index (χ1n) is 5.97. The molecule has 1 fully saturated rings. The zero-order chi connectivity index (χ0) is 13.4. The fourth-order valence-corrected chi connectivity index (χ4v) is 4.61. The normalized spacial score (nSPS) is 28.5. The summed E-state index contributed by atoms with van der Waals surface area (Å²) in [6.45, 7) is 0. The number of hydrogen-bond donors (Lipinski definition) is 1. The first-order valence-corrected chi connectivity index (χ1v) is 8.31. The van der Waals surface area contributed by atoms with Crippen LogP contribution in [0, 0.1) is 0 Å². The molecule has 0 radical (unpaired) electrons. The highest BCUT2D eigenvalue weighted by atomic mass is 35.5. The van der Waals surface area contributed by atoms with E-state index in [1.807, 2.05) is 18.2 Å². The molecule has 100 valence electrons. The molecule has 1 saturated carbocycles. The van der Waals surface area contributed by atoms with Gasteiger partial charge in [0.25, 0.3) is 0 Å². The van der Waals surface area contributed by atoms with Crippen LogP contribution in [-0.4, -0.2) is 30.6 Å². The van der Waals surface area contributed by atoms with Crippen molar-refractivity contribution in [2.75, 3.05) is 6.26 Å². The van der Waals surface area contributed by atoms with Gasteiger partial charge in [-0.1, -0.05) is 29.8 Å². The SMILES string of the molecule is CS(=O)(=O)C1CCCC1(O)Cc1ccccc1Cl. The van der Waals surface area contributed by atoms with E-state index in [9.17, 15) is 13.5 Å². The second kappa shape index (κ2) is 4.83. The summed E-state index contributed by atoms with van der Waals surface area (Å²) in [5, 5.41) is 10.5. The van der Waals surface area contributed by atoms with Gasteiger partial charge in [-0.2, -0.15) is 0 Å². The van der Waals surface area contributed by atoms with Crippen LogP contribution >= 0.6 is 11.6 Å². The first-order chi connectivity index (χ1) is 8.33. The highest BCUT2D eigenvalue weighted by Crippen LogP contribution is 2.38. The maximum atomic E-state index is 11.7. The van der Waals surface area contributed by atoms with E-state index in [4.69, 9.17) is 11.6 Å². The van der Waals surface area contributed by atoms with Gasteiger partial charge < -0.3 is 5.11 Å². The Bertz CT molecular complexity index is 541. The van der Waals surface area contributed by atoms with Crippen LogP contribution in [-0.2, 0) is 16.3 Å². The van der Waals surface area contributed by atoms with Crippen molar-refractivity contribution in [1.29, 1.82) is 0 Å². The number of benzene rings is 1. The predicted molar refractivity (Wildman–Crippen MR) is 72.6 cm³/mol. The minimum atomic E-state index is -3.24. The second-order valence-electron chi connectivity index (χ2n) is 5.08. The molecule has 0 spiro atoms. The first kappa shape index (κ1) is 13.8. The lowest BCUT2D eigenvalue weighted by atomic mass is 9.92. The maximum Gasteiger partial charge on any atom is 0.153 e. The van der Waals surface area contributed by atoms with E-state index < -0.39 is 20.7 Å². The average Bonchev–Trinajstić information content (AvgIpc) is 2.63. The van der Waals surface area contributed by atoms with Crippen molar-refractivity contribution in [3.8, 4) is 0 Å². The fourth-order valence-electron chi connectivity index (χ4n) is 2.81. The molecule has 1 aromatic carbocycles. The van der Waals surface area contributed by atoms with Gasteiger partial charge in [-0.05, 0) is 30.9 Å². The largest absolute Gasteiger partial charge is 0.388 e. The van der Waals surface area contributed by atoms with Gasteiger partial charge in [0.1, 0.15) is 0 Å². The summed E-state index contributed by atoms with van der Waals surface area (Å²) in [5.74, 6) is 0. The Hall–Kier alpha value is -0.580. The third-order valence-electron chi connectivity index (χ3n) is 3.65. The highest BCUT2D eigenvalue weighted by molar-refractivity contribution is 7.91. The van der Waals surface area contributed by atoms with E-state index in [1.165, 1.54) is 6.26 Å². The van der Waals surface area contributed by atoms with Crippen molar-refractivity contribution in [1.82, 2.24) is 0 Å². The highest BCUT2D eigenvalue weighted by Gasteiger charge is 2.46. The summed E-state index contributed by atoms with van der Waals surface area (Å²) >= 11 is 6.07. The number of aliphatic hydroxyl groups is 1. The van der Waals surface area contributed by atoms with Crippen LogP contribution in [0.1, 0.15) is 24.8 Å². The van der Waals surface area contributed by atoms with E-state index in [1.54, 1.807) is 6.07 Å². The van der Waals surface area contributed by atoms with Gasteiger partial charge in [-0.3, -0.25) is 0 Å². The monoisotopic (exact) mass is 288 g/mol. The van der Waals surface area contributed by atoms with Gasteiger partial charge >= 0.3 is 0 Å². The second-order valence-corrected chi connectivity index (χ2v) is 7.72. The standard InChI is InChI=1S/C13H17ClO3S/c1-18(16,17)12-7-4-8-13(12,15)9-10-5-2-3-6-11(10)14/h2-3,5-6,12,15H,4,7-9H2,1H3. The molecule has 1 aromatic rings. The molecule has 1 aliphatic rings. The molecule has 1 N–H and O–H groups in total. The van der Waals surface area contributed by atoms with E-state index in [2.05, 4.69) is 0 Å². The Morgan fingerprint density at radius 1 is 1.44 bits per heavy atom. The van der Waals surface area contributed by atoms with E-state index in [0.717, 1.165) is 12.0 Å². The van der Waals surface area contributed by atoms with E-state index >= 15 is 0 Å². The van der Waals surface area contributed by atoms with Crippen molar-refractivity contribution in [3.05, 3.63) is 34.9 Å². The third kappa shape index (κ3) is 2.71. The molecule has 3 nitrogen and oxygen atoms in total. The Kier molecular flexibility index (Phi) is 3.72. The zero-order valence-corrected chi connectivity index (χ0v) is 11.8. The van der Waals surface area contributed by atoms with Crippen LogP contribution in [0.15, 0.2) is 24.3 Å². The molecule has 0 aliphatic heterocycles. The minimum absolute atomic E-state index is 0.296. The van der Waals surface area contributed by atoms with Crippen molar-refractivity contribution < 1.29 is 13.5 Å². The lowest BCUT2D eigenvalue weighted by molar-refractivity contribution is 0.0513. The third-order valence-corrected chi connectivity index (χ3v) is 5.72. The summed E-state index contributed by atoms with van der Waals surface area (Å²) < 4.78 is 23.5. The van der Waals surface area contributed by atoms with Crippen molar-refractivity contribution >= 4 is 21.4 Å². The average molecular weight is 289 g/mol.